The summed E-state index contributed by atoms with van der Waals surface area (Å²) in [6.07, 6.45) is 6.63. The largest absolute Gasteiger partial charge is 0.459 e. The van der Waals surface area contributed by atoms with Crippen LogP contribution in [0, 0.1) is 12.8 Å². The predicted molar refractivity (Wildman–Crippen MR) is 163 cm³/mol. The average Bonchev–Trinajstić information content (AvgIpc) is 3.32. The summed E-state index contributed by atoms with van der Waals surface area (Å²) in [4.78, 5) is 11.1. The minimum atomic E-state index is -3.77. The highest BCUT2D eigenvalue weighted by Crippen LogP contribution is 2.47. The maximum absolute atomic E-state index is 14.0. The number of carbonyl (C=O) groups excluding carboxylic acids is 1. The molecule has 226 valence electrons. The van der Waals surface area contributed by atoms with Crippen LogP contribution in [-0.4, -0.2) is 56.5 Å². The molecule has 10 heteroatoms. The van der Waals surface area contributed by atoms with Crippen molar-refractivity contribution in [3.8, 4) is 5.75 Å². The molecule has 41 heavy (non-hydrogen) atoms. The zero-order valence-electron chi connectivity index (χ0n) is 25.1. The molecule has 1 saturated heterocycles. The predicted octanol–water partition coefficient (Wildman–Crippen LogP) is 5.83. The van der Waals surface area contributed by atoms with Crippen LogP contribution in [0.1, 0.15) is 38.3 Å². The van der Waals surface area contributed by atoms with Crippen molar-refractivity contribution in [1.29, 1.82) is 0 Å². The fourth-order valence-corrected chi connectivity index (χ4v) is 6.01. The fourth-order valence-electron chi connectivity index (χ4n) is 4.28. The van der Waals surface area contributed by atoms with Gasteiger partial charge in [-0.2, -0.15) is 0 Å². The number of benzene rings is 2. The highest BCUT2D eigenvalue weighted by atomic mass is 31.2. The smallest absolute Gasteiger partial charge is 0.413 e. The first-order valence-corrected chi connectivity index (χ1v) is 15.2. The number of aryl methyl sites for hydroxylation is 1. The summed E-state index contributed by atoms with van der Waals surface area (Å²) in [6.45, 7) is 12.7. The van der Waals surface area contributed by atoms with Crippen molar-refractivity contribution in [2.45, 2.75) is 58.6 Å². The number of ether oxygens (including phenoxy) is 2. The van der Waals surface area contributed by atoms with Crippen molar-refractivity contribution in [2.24, 2.45) is 5.92 Å². The van der Waals surface area contributed by atoms with E-state index in [-0.39, 0.29) is 24.9 Å². The SMILES string of the molecule is C=C/C=C\N(C)C1OC(COP(=O)(NC(C)(C)COCc2ccccc2C)Oc2ccccc2)CC1C.CNC=O. The number of allylic oxidation sites excluding steroid dienone is 2. The first kappa shape index (κ1) is 34.3. The molecule has 0 aromatic heterocycles. The van der Waals surface area contributed by atoms with Crippen LogP contribution in [0.3, 0.4) is 0 Å². The Morgan fingerprint density at radius 2 is 1.83 bits per heavy atom. The highest BCUT2D eigenvalue weighted by Gasteiger charge is 2.39. The van der Waals surface area contributed by atoms with Crippen molar-refractivity contribution >= 4 is 14.2 Å². The zero-order chi connectivity index (χ0) is 30.3. The molecule has 2 aromatic rings. The number of nitrogens with zero attached hydrogens (tertiary/aromatic N) is 1. The van der Waals surface area contributed by atoms with Gasteiger partial charge < -0.3 is 24.2 Å². The van der Waals surface area contributed by atoms with Crippen molar-refractivity contribution < 1.29 is 27.9 Å². The summed E-state index contributed by atoms with van der Waals surface area (Å²) in [7, 11) is -0.239. The second-order valence-corrected chi connectivity index (χ2v) is 12.3. The molecule has 0 radical (unpaired) electrons. The third kappa shape index (κ3) is 12.2. The van der Waals surface area contributed by atoms with Gasteiger partial charge in [0.05, 0.1) is 25.9 Å². The average molecular weight is 588 g/mol. The van der Waals surface area contributed by atoms with Crippen LogP contribution in [0.4, 0.5) is 0 Å². The Labute approximate surface area is 245 Å². The molecule has 0 saturated carbocycles. The van der Waals surface area contributed by atoms with Crippen LogP contribution in [-0.2, 0) is 30.0 Å². The standard InChI is InChI=1S/C29H41N2O5P.C2H5NO/c1-7-8-18-31(6)28-24(3)19-27(35-28)21-34-37(32,36-26-16-10-9-11-17-26)30-29(4,5)22-33-20-25-15-13-12-14-23(25)2;1-3-2-4/h7-18,24,27-28H,1,19-22H2,2-6H3,(H,30,32);2H,1H3,(H,3,4)/b18-8-;. The molecule has 4 atom stereocenters. The van der Waals surface area contributed by atoms with E-state index in [1.54, 1.807) is 25.3 Å². The highest BCUT2D eigenvalue weighted by molar-refractivity contribution is 7.52. The lowest BCUT2D eigenvalue weighted by molar-refractivity contribution is -0.109. The van der Waals surface area contributed by atoms with E-state index in [1.165, 1.54) is 5.56 Å². The topological polar surface area (TPSA) is 98.4 Å². The molecular weight excluding hydrogens is 541 g/mol. The first-order chi connectivity index (χ1) is 19.5. The van der Waals surface area contributed by atoms with Crippen molar-refractivity contribution in [3.05, 3.63) is 90.7 Å². The number of nitrogens with one attached hydrogen (secondary N) is 2. The molecular formula is C31H46N3O6P. The molecule has 0 bridgehead atoms. The molecule has 1 aliphatic heterocycles. The molecule has 0 aliphatic carbocycles. The summed E-state index contributed by atoms with van der Waals surface area (Å²) in [5.74, 6) is 0.740. The van der Waals surface area contributed by atoms with Gasteiger partial charge in [0, 0.05) is 31.8 Å². The number of hydrogen-bond donors (Lipinski definition) is 2. The fraction of sp³-hybridized carbons (Fsp3) is 0.452. The van der Waals surface area contributed by atoms with E-state index in [0.29, 0.717) is 25.4 Å². The van der Waals surface area contributed by atoms with E-state index in [9.17, 15) is 4.57 Å². The van der Waals surface area contributed by atoms with Crippen molar-refractivity contribution in [3.63, 3.8) is 0 Å². The van der Waals surface area contributed by atoms with Gasteiger partial charge in [0.15, 0.2) is 0 Å². The monoisotopic (exact) mass is 587 g/mol. The van der Waals surface area contributed by atoms with Gasteiger partial charge >= 0.3 is 7.75 Å². The van der Waals surface area contributed by atoms with Crippen LogP contribution in [0.2, 0.25) is 0 Å². The van der Waals surface area contributed by atoms with E-state index < -0.39 is 13.3 Å². The maximum atomic E-state index is 14.0. The molecule has 2 N–H and O–H groups in total. The van der Waals surface area contributed by atoms with Crippen LogP contribution in [0.15, 0.2) is 79.5 Å². The third-order valence-electron chi connectivity index (χ3n) is 6.25. The van der Waals surface area contributed by atoms with Crippen LogP contribution in [0.5, 0.6) is 5.75 Å². The molecule has 4 unspecified atom stereocenters. The van der Waals surface area contributed by atoms with Crippen LogP contribution >= 0.6 is 7.75 Å². The first-order valence-electron chi connectivity index (χ1n) is 13.7. The van der Waals surface area contributed by atoms with E-state index >= 15 is 0 Å². The number of carbonyl (C=O) groups is 1. The summed E-state index contributed by atoms with van der Waals surface area (Å²) in [5.41, 5.74) is 1.60. The van der Waals surface area contributed by atoms with Crippen LogP contribution in [0.25, 0.3) is 0 Å². The van der Waals surface area contributed by atoms with Crippen LogP contribution < -0.4 is 14.9 Å². The zero-order valence-corrected chi connectivity index (χ0v) is 26.0. The number of para-hydroxylation sites is 1. The molecule has 1 fully saturated rings. The molecule has 0 spiro atoms. The van der Waals surface area contributed by atoms with Gasteiger partial charge in [-0.25, -0.2) is 9.65 Å². The van der Waals surface area contributed by atoms with Gasteiger partial charge in [0.1, 0.15) is 12.0 Å². The quantitative estimate of drug-likeness (QED) is 0.153. The number of rotatable bonds is 15. The summed E-state index contributed by atoms with van der Waals surface area (Å²) in [5, 5.41) is 5.36. The Hall–Kier alpha value is -2.94. The van der Waals surface area contributed by atoms with Gasteiger partial charge in [-0.3, -0.25) is 9.32 Å². The summed E-state index contributed by atoms with van der Waals surface area (Å²) in [6, 6.07) is 17.1. The van der Waals surface area contributed by atoms with Crippen molar-refractivity contribution in [2.75, 3.05) is 27.3 Å². The molecule has 3 rings (SSSR count). The lowest BCUT2D eigenvalue weighted by atomic mass is 10.1. The molecule has 1 amide bonds. The Balaban J connectivity index is 0.00000138. The van der Waals surface area contributed by atoms with E-state index in [0.717, 1.165) is 12.0 Å². The normalized spacial score (nSPS) is 20.0. The van der Waals surface area contributed by atoms with Gasteiger partial charge in [-0.1, -0.05) is 62.0 Å². The Bertz CT molecular complexity index is 1140. The van der Waals surface area contributed by atoms with Gasteiger partial charge in [-0.05, 0) is 56.5 Å². The molecule has 1 heterocycles. The lowest BCUT2D eigenvalue weighted by Gasteiger charge is -2.31. The third-order valence-corrected chi connectivity index (χ3v) is 8.07. The number of hydrogen-bond acceptors (Lipinski definition) is 7. The maximum Gasteiger partial charge on any atom is 0.459 e. The molecule has 9 nitrogen and oxygen atoms in total. The van der Waals surface area contributed by atoms with E-state index in [4.69, 9.17) is 23.3 Å². The summed E-state index contributed by atoms with van der Waals surface area (Å²) < 4.78 is 38.1. The van der Waals surface area contributed by atoms with E-state index in [1.807, 2.05) is 74.5 Å². The molecule has 1 aliphatic rings. The van der Waals surface area contributed by atoms with E-state index in [2.05, 4.69) is 36.9 Å². The van der Waals surface area contributed by atoms with Gasteiger partial charge in [0.2, 0.25) is 6.41 Å². The second kappa shape index (κ2) is 17.1. The Morgan fingerprint density at radius 3 is 2.46 bits per heavy atom. The van der Waals surface area contributed by atoms with Gasteiger partial charge in [-0.15, -0.1) is 0 Å². The summed E-state index contributed by atoms with van der Waals surface area (Å²) >= 11 is 0. The second-order valence-electron chi connectivity index (χ2n) is 10.6. The Kier molecular flexibility index (Phi) is 14.3. The minimum Gasteiger partial charge on any atom is -0.413 e. The lowest BCUT2D eigenvalue weighted by Crippen LogP contribution is -2.43. The van der Waals surface area contributed by atoms with Gasteiger partial charge in [0.25, 0.3) is 0 Å². The minimum absolute atomic E-state index is 0.0986. The van der Waals surface area contributed by atoms with Crippen molar-refractivity contribution in [1.82, 2.24) is 15.3 Å². The molecule has 2 aromatic carbocycles. The Morgan fingerprint density at radius 1 is 1.17 bits per heavy atom. The number of amides is 1.